The maximum absolute atomic E-state index is 14.1. The number of fused-ring (bicyclic) bond motifs is 2. The van der Waals surface area contributed by atoms with Crippen LogP contribution in [-0.2, 0) is 13.2 Å². The zero-order chi connectivity index (χ0) is 23.1. The van der Waals surface area contributed by atoms with Crippen molar-refractivity contribution in [2.24, 2.45) is 0 Å². The summed E-state index contributed by atoms with van der Waals surface area (Å²) in [6.07, 6.45) is 3.81. The van der Waals surface area contributed by atoms with Crippen LogP contribution in [0.5, 0.6) is 11.5 Å². The summed E-state index contributed by atoms with van der Waals surface area (Å²) in [5.41, 5.74) is 3.46. The first kappa shape index (κ1) is 21.3. The topological polar surface area (TPSA) is 40.5 Å². The zero-order valence-electron chi connectivity index (χ0n) is 18.2. The van der Waals surface area contributed by atoms with E-state index in [1.54, 1.807) is 30.3 Å². The molecule has 0 aliphatic carbocycles. The van der Waals surface area contributed by atoms with Crippen molar-refractivity contribution in [3.63, 3.8) is 0 Å². The van der Waals surface area contributed by atoms with Gasteiger partial charge in [0.05, 0.1) is 10.6 Å². The Hall–Kier alpha value is -3.57. The summed E-state index contributed by atoms with van der Waals surface area (Å²) in [7, 11) is 0. The van der Waals surface area contributed by atoms with Gasteiger partial charge in [-0.05, 0) is 50.3 Å². The molecule has 3 aromatic carbocycles. The first-order valence-corrected chi connectivity index (χ1v) is 11.1. The van der Waals surface area contributed by atoms with Crippen molar-refractivity contribution in [2.45, 2.75) is 27.0 Å². The number of carbonyl (C=O) groups excluding carboxylic acids is 1. The first-order valence-electron chi connectivity index (χ1n) is 10.7. The van der Waals surface area contributed by atoms with E-state index >= 15 is 0 Å². The molecule has 1 aromatic heterocycles. The number of hydrogen-bond donors (Lipinski definition) is 0. The van der Waals surface area contributed by atoms with Gasteiger partial charge < -0.3 is 14.0 Å². The number of ether oxygens (including phenoxy) is 2. The number of nitrogens with zero attached hydrogens (tertiary/aromatic N) is 1. The molecule has 0 saturated heterocycles. The van der Waals surface area contributed by atoms with Gasteiger partial charge in [-0.2, -0.15) is 0 Å². The summed E-state index contributed by atoms with van der Waals surface area (Å²) in [6, 6.07) is 16.0. The molecule has 1 aliphatic heterocycles. The molecule has 0 spiro atoms. The van der Waals surface area contributed by atoms with E-state index in [0.29, 0.717) is 27.6 Å². The lowest BCUT2D eigenvalue weighted by atomic mass is 10.1. The molecule has 0 fully saturated rings. The molecule has 0 bridgehead atoms. The van der Waals surface area contributed by atoms with Gasteiger partial charge in [-0.3, -0.25) is 4.79 Å². The van der Waals surface area contributed by atoms with E-state index in [1.165, 1.54) is 6.07 Å². The number of allylic oxidation sites excluding steroid dienone is 1. The van der Waals surface area contributed by atoms with Crippen LogP contribution in [0.25, 0.3) is 17.0 Å². The van der Waals surface area contributed by atoms with Gasteiger partial charge in [0.15, 0.2) is 5.76 Å². The summed E-state index contributed by atoms with van der Waals surface area (Å²) in [4.78, 5) is 13.0. The molecule has 4 nitrogen and oxygen atoms in total. The molecule has 0 amide bonds. The third-order valence-corrected chi connectivity index (χ3v) is 6.27. The summed E-state index contributed by atoms with van der Waals surface area (Å²) >= 11 is 6.10. The SMILES string of the molecule is CCn1cc(/C=C2\Oc3c(ccc(OCc4c(F)cccc4Cl)c3C)C2=O)c2ccccc21. The number of Topliss-reactive ketones (excluding diaryl/α,β-unsaturated/α-hetero) is 1. The number of carbonyl (C=O) groups is 1. The van der Waals surface area contributed by atoms with Crippen molar-refractivity contribution in [1.82, 2.24) is 4.57 Å². The van der Waals surface area contributed by atoms with E-state index in [0.717, 1.165) is 23.0 Å². The van der Waals surface area contributed by atoms with E-state index in [-0.39, 0.29) is 23.7 Å². The number of rotatable bonds is 5. The van der Waals surface area contributed by atoms with Crippen LogP contribution in [0.3, 0.4) is 0 Å². The minimum Gasteiger partial charge on any atom is -0.488 e. The highest BCUT2D eigenvalue weighted by atomic mass is 35.5. The molecule has 166 valence electrons. The Morgan fingerprint density at radius 3 is 2.73 bits per heavy atom. The number of para-hydroxylation sites is 1. The van der Waals surface area contributed by atoms with Crippen LogP contribution in [0.2, 0.25) is 5.02 Å². The van der Waals surface area contributed by atoms with Crippen LogP contribution in [0.1, 0.15) is 34.0 Å². The molecule has 1 aliphatic rings. The van der Waals surface area contributed by atoms with Gasteiger partial charge in [0.2, 0.25) is 5.78 Å². The average Bonchev–Trinajstić information content (AvgIpc) is 3.33. The predicted molar refractivity (Wildman–Crippen MR) is 127 cm³/mol. The predicted octanol–water partition coefficient (Wildman–Crippen LogP) is 6.96. The Morgan fingerprint density at radius 1 is 1.12 bits per heavy atom. The molecule has 0 unspecified atom stereocenters. The van der Waals surface area contributed by atoms with Crippen molar-refractivity contribution >= 4 is 34.4 Å². The molecular formula is C27H21ClFNO3. The summed E-state index contributed by atoms with van der Waals surface area (Å²) in [5.74, 6) is 0.628. The Labute approximate surface area is 195 Å². The second-order valence-electron chi connectivity index (χ2n) is 7.88. The zero-order valence-corrected chi connectivity index (χ0v) is 18.9. The summed E-state index contributed by atoms with van der Waals surface area (Å²) < 4.78 is 28.1. The normalized spacial score (nSPS) is 14.1. The van der Waals surface area contributed by atoms with Crippen molar-refractivity contribution < 1.29 is 18.7 Å². The summed E-state index contributed by atoms with van der Waals surface area (Å²) in [6.45, 7) is 4.69. The Morgan fingerprint density at radius 2 is 1.94 bits per heavy atom. The molecule has 33 heavy (non-hydrogen) atoms. The molecule has 2 heterocycles. The molecule has 0 N–H and O–H groups in total. The highest BCUT2D eigenvalue weighted by Gasteiger charge is 2.30. The molecule has 0 radical (unpaired) electrons. The second-order valence-corrected chi connectivity index (χ2v) is 8.29. The monoisotopic (exact) mass is 461 g/mol. The largest absolute Gasteiger partial charge is 0.488 e. The minimum atomic E-state index is -0.427. The third kappa shape index (κ3) is 3.68. The van der Waals surface area contributed by atoms with E-state index < -0.39 is 5.82 Å². The smallest absolute Gasteiger partial charge is 0.231 e. The quantitative estimate of drug-likeness (QED) is 0.302. The van der Waals surface area contributed by atoms with E-state index in [4.69, 9.17) is 21.1 Å². The van der Waals surface area contributed by atoms with Crippen molar-refractivity contribution in [3.8, 4) is 11.5 Å². The highest BCUT2D eigenvalue weighted by molar-refractivity contribution is 6.31. The Balaban J connectivity index is 1.45. The average molecular weight is 462 g/mol. The fourth-order valence-electron chi connectivity index (χ4n) is 4.14. The van der Waals surface area contributed by atoms with E-state index in [2.05, 4.69) is 17.6 Å². The Bertz CT molecular complexity index is 1420. The van der Waals surface area contributed by atoms with Crippen LogP contribution >= 0.6 is 11.6 Å². The van der Waals surface area contributed by atoms with Gasteiger partial charge in [0, 0.05) is 40.3 Å². The van der Waals surface area contributed by atoms with Crippen LogP contribution in [0.4, 0.5) is 4.39 Å². The van der Waals surface area contributed by atoms with Crippen molar-refractivity contribution in [2.75, 3.05) is 0 Å². The number of aromatic nitrogens is 1. The van der Waals surface area contributed by atoms with E-state index in [1.807, 2.05) is 31.3 Å². The highest BCUT2D eigenvalue weighted by Crippen LogP contribution is 2.40. The first-order chi connectivity index (χ1) is 16.0. The van der Waals surface area contributed by atoms with Crippen molar-refractivity contribution in [3.05, 3.63) is 99.6 Å². The van der Waals surface area contributed by atoms with Gasteiger partial charge in [-0.25, -0.2) is 4.39 Å². The van der Waals surface area contributed by atoms with Crippen LogP contribution in [-0.4, -0.2) is 10.4 Å². The number of aryl methyl sites for hydroxylation is 1. The van der Waals surface area contributed by atoms with Gasteiger partial charge in [0.25, 0.3) is 0 Å². The lowest BCUT2D eigenvalue weighted by Gasteiger charge is -2.12. The fourth-order valence-corrected chi connectivity index (χ4v) is 4.36. The maximum atomic E-state index is 14.1. The number of benzene rings is 3. The number of hydrogen-bond acceptors (Lipinski definition) is 3. The second kappa shape index (κ2) is 8.41. The molecule has 5 rings (SSSR count). The molecule has 6 heteroatoms. The number of halogens is 2. The number of ketones is 1. The van der Waals surface area contributed by atoms with E-state index in [9.17, 15) is 9.18 Å². The standard InChI is InChI=1S/C27H21ClFNO3/c1-3-30-14-17(18-7-4-5-10-23(18)30)13-25-26(31)19-11-12-24(16(2)27(19)33-25)32-15-20-21(28)8-6-9-22(20)29/h4-14H,3,15H2,1-2H3/b25-13-. The lowest BCUT2D eigenvalue weighted by Crippen LogP contribution is -2.01. The van der Waals surface area contributed by atoms with Crippen molar-refractivity contribution in [1.29, 1.82) is 0 Å². The third-order valence-electron chi connectivity index (χ3n) is 5.92. The van der Waals surface area contributed by atoms with Crippen LogP contribution in [0.15, 0.2) is 66.6 Å². The fraction of sp³-hybridized carbons (Fsp3) is 0.148. The molecular weight excluding hydrogens is 441 g/mol. The van der Waals surface area contributed by atoms with Gasteiger partial charge in [-0.1, -0.05) is 35.9 Å². The summed E-state index contributed by atoms with van der Waals surface area (Å²) in [5, 5.41) is 1.36. The van der Waals surface area contributed by atoms with Crippen LogP contribution in [0, 0.1) is 12.7 Å². The minimum absolute atomic E-state index is 0.0295. The Kier molecular flexibility index (Phi) is 5.43. The van der Waals surface area contributed by atoms with Gasteiger partial charge in [-0.15, -0.1) is 0 Å². The van der Waals surface area contributed by atoms with Gasteiger partial charge in [0.1, 0.15) is 23.9 Å². The lowest BCUT2D eigenvalue weighted by molar-refractivity contribution is 0.101. The molecule has 4 aromatic rings. The maximum Gasteiger partial charge on any atom is 0.231 e. The molecule has 0 atom stereocenters. The molecule has 0 saturated carbocycles. The van der Waals surface area contributed by atoms with Gasteiger partial charge >= 0.3 is 0 Å². The van der Waals surface area contributed by atoms with Crippen LogP contribution < -0.4 is 9.47 Å².